The first-order valence-corrected chi connectivity index (χ1v) is 10.7. The van der Waals surface area contributed by atoms with Gasteiger partial charge in [-0.2, -0.15) is 4.98 Å². The van der Waals surface area contributed by atoms with Gasteiger partial charge in [0.1, 0.15) is 5.75 Å². The maximum Gasteiger partial charge on any atom is 0.265 e. The van der Waals surface area contributed by atoms with Crippen LogP contribution in [0.3, 0.4) is 0 Å². The summed E-state index contributed by atoms with van der Waals surface area (Å²) in [7, 11) is -3.89. The molecule has 0 saturated heterocycles. The summed E-state index contributed by atoms with van der Waals surface area (Å²) >= 11 is 0. The molecule has 1 amide bonds. The molecule has 0 aliphatic carbocycles. The van der Waals surface area contributed by atoms with Crippen LogP contribution in [-0.4, -0.2) is 31.1 Å². The summed E-state index contributed by atoms with van der Waals surface area (Å²) in [4.78, 5) is 18.0. The van der Waals surface area contributed by atoms with E-state index in [0.717, 1.165) is 11.1 Å². The van der Waals surface area contributed by atoms with Gasteiger partial charge in [-0.15, -0.1) is 0 Å². The number of fused-ring (bicyclic) bond motifs is 1. The van der Waals surface area contributed by atoms with Crippen molar-refractivity contribution in [1.82, 2.24) is 10.1 Å². The van der Waals surface area contributed by atoms with Crippen LogP contribution in [0.5, 0.6) is 5.75 Å². The third-order valence-electron chi connectivity index (χ3n) is 4.69. The van der Waals surface area contributed by atoms with Crippen LogP contribution in [0.1, 0.15) is 22.8 Å². The molecule has 0 unspecified atom stereocenters. The van der Waals surface area contributed by atoms with Gasteiger partial charge in [0.25, 0.3) is 15.9 Å². The van der Waals surface area contributed by atoms with E-state index in [0.29, 0.717) is 28.8 Å². The number of aryl methyl sites for hydroxylation is 3. The van der Waals surface area contributed by atoms with Crippen LogP contribution in [0, 0.1) is 20.8 Å². The minimum atomic E-state index is -3.89. The van der Waals surface area contributed by atoms with Gasteiger partial charge in [-0.25, -0.2) is 8.42 Å². The lowest BCUT2D eigenvalue weighted by Crippen LogP contribution is -2.38. The Morgan fingerprint density at radius 1 is 1.13 bits per heavy atom. The first-order valence-electron chi connectivity index (χ1n) is 9.19. The zero-order valence-electron chi connectivity index (χ0n) is 16.7. The van der Waals surface area contributed by atoms with Crippen LogP contribution in [0.25, 0.3) is 0 Å². The van der Waals surface area contributed by atoms with Crippen molar-refractivity contribution in [3.8, 4) is 5.75 Å². The Morgan fingerprint density at radius 2 is 1.93 bits per heavy atom. The molecule has 3 aromatic rings. The lowest BCUT2D eigenvalue weighted by molar-refractivity contribution is -0.121. The average Bonchev–Trinajstić information content (AvgIpc) is 3.11. The van der Waals surface area contributed by atoms with Gasteiger partial charge in [0.05, 0.1) is 22.8 Å². The Balaban J connectivity index is 1.69. The van der Waals surface area contributed by atoms with Crippen molar-refractivity contribution in [2.75, 3.05) is 16.2 Å². The molecular formula is C20H20N4O5S. The summed E-state index contributed by atoms with van der Waals surface area (Å²) < 4.78 is 39.0. The molecule has 0 saturated carbocycles. The van der Waals surface area contributed by atoms with Crippen molar-refractivity contribution in [2.24, 2.45) is 0 Å². The topological polar surface area (TPSA) is 115 Å². The minimum Gasteiger partial charge on any atom is -0.482 e. The predicted molar refractivity (Wildman–Crippen MR) is 109 cm³/mol. The fraction of sp³-hybridized carbons (Fsp3) is 0.250. The van der Waals surface area contributed by atoms with Crippen LogP contribution in [0.15, 0.2) is 45.8 Å². The molecule has 10 heteroatoms. The maximum absolute atomic E-state index is 13.0. The first-order chi connectivity index (χ1) is 14.2. The summed E-state index contributed by atoms with van der Waals surface area (Å²) in [5, 5.41) is 3.81. The number of nitrogens with one attached hydrogen (secondary N) is 1. The van der Waals surface area contributed by atoms with E-state index in [4.69, 9.17) is 9.26 Å². The molecule has 0 bridgehead atoms. The molecule has 1 aliphatic heterocycles. The standard InChI is InChI=1S/C20H20N4O5S/c1-12-4-5-13(2)16(8-12)23-30(26,27)15-6-7-18-17(9-15)24(20(25)11-28-18)10-19-21-14(3)29-22-19/h4-9,23H,10-11H2,1-3H3. The van der Waals surface area contributed by atoms with E-state index in [2.05, 4.69) is 14.9 Å². The highest BCUT2D eigenvalue weighted by Gasteiger charge is 2.29. The van der Waals surface area contributed by atoms with Gasteiger partial charge >= 0.3 is 0 Å². The molecule has 0 spiro atoms. The minimum absolute atomic E-state index is 0.00903. The van der Waals surface area contributed by atoms with Crippen LogP contribution in [0.2, 0.25) is 0 Å². The molecule has 0 radical (unpaired) electrons. The Kier molecular flexibility index (Phi) is 4.94. The molecule has 9 nitrogen and oxygen atoms in total. The average molecular weight is 428 g/mol. The zero-order valence-corrected chi connectivity index (χ0v) is 17.5. The monoisotopic (exact) mass is 428 g/mol. The Hall–Kier alpha value is -3.40. The fourth-order valence-electron chi connectivity index (χ4n) is 3.12. The van der Waals surface area contributed by atoms with Crippen LogP contribution in [-0.2, 0) is 21.4 Å². The summed E-state index contributed by atoms with van der Waals surface area (Å²) in [6.45, 7) is 5.24. The second kappa shape index (κ2) is 7.45. The number of nitrogens with zero attached hydrogens (tertiary/aromatic N) is 3. The largest absolute Gasteiger partial charge is 0.482 e. The predicted octanol–water partition coefficient (Wildman–Crippen LogP) is 2.72. The molecule has 1 aliphatic rings. The smallest absolute Gasteiger partial charge is 0.265 e. The molecule has 2 heterocycles. The normalized spacial score (nSPS) is 13.7. The Morgan fingerprint density at radius 3 is 2.67 bits per heavy atom. The second-order valence-corrected chi connectivity index (χ2v) is 8.73. The number of hydrogen-bond acceptors (Lipinski definition) is 7. The van der Waals surface area contributed by atoms with Crippen molar-refractivity contribution in [2.45, 2.75) is 32.2 Å². The van der Waals surface area contributed by atoms with Gasteiger partial charge in [-0.1, -0.05) is 17.3 Å². The van der Waals surface area contributed by atoms with E-state index in [-0.39, 0.29) is 24.0 Å². The highest BCUT2D eigenvalue weighted by atomic mass is 32.2. The Bertz CT molecular complexity index is 1240. The third-order valence-corrected chi connectivity index (χ3v) is 6.05. The molecule has 30 heavy (non-hydrogen) atoms. The highest BCUT2D eigenvalue weighted by Crippen LogP contribution is 2.35. The van der Waals surface area contributed by atoms with E-state index in [9.17, 15) is 13.2 Å². The highest BCUT2D eigenvalue weighted by molar-refractivity contribution is 7.92. The molecule has 2 aromatic carbocycles. The number of rotatable bonds is 5. The lowest BCUT2D eigenvalue weighted by atomic mass is 10.1. The number of anilines is 2. The van der Waals surface area contributed by atoms with E-state index >= 15 is 0 Å². The van der Waals surface area contributed by atoms with Gasteiger partial charge in [-0.3, -0.25) is 14.4 Å². The number of carbonyl (C=O) groups excluding carboxylic acids is 1. The van der Waals surface area contributed by atoms with E-state index in [1.165, 1.54) is 23.1 Å². The van der Waals surface area contributed by atoms with Crippen LogP contribution < -0.4 is 14.4 Å². The quantitative estimate of drug-likeness (QED) is 0.664. The number of amides is 1. The molecule has 4 rings (SSSR count). The summed E-state index contributed by atoms with van der Waals surface area (Å²) in [6, 6.07) is 9.91. The zero-order chi connectivity index (χ0) is 21.5. The van der Waals surface area contributed by atoms with Crippen molar-refractivity contribution < 1.29 is 22.5 Å². The number of hydrogen-bond donors (Lipinski definition) is 1. The molecule has 0 atom stereocenters. The van der Waals surface area contributed by atoms with Gasteiger partial charge in [0.2, 0.25) is 5.89 Å². The van der Waals surface area contributed by atoms with Crippen molar-refractivity contribution in [3.63, 3.8) is 0 Å². The van der Waals surface area contributed by atoms with Crippen molar-refractivity contribution >= 4 is 27.3 Å². The third kappa shape index (κ3) is 3.86. The lowest BCUT2D eigenvalue weighted by Gasteiger charge is -2.28. The number of benzene rings is 2. The molecule has 0 fully saturated rings. The van der Waals surface area contributed by atoms with Gasteiger partial charge in [0.15, 0.2) is 12.4 Å². The van der Waals surface area contributed by atoms with E-state index < -0.39 is 10.0 Å². The number of aromatic nitrogens is 2. The number of carbonyl (C=O) groups is 1. The molecule has 156 valence electrons. The van der Waals surface area contributed by atoms with E-state index in [1.807, 2.05) is 26.0 Å². The van der Waals surface area contributed by atoms with Crippen LogP contribution >= 0.6 is 0 Å². The van der Waals surface area contributed by atoms with Crippen molar-refractivity contribution in [1.29, 1.82) is 0 Å². The van der Waals surface area contributed by atoms with Gasteiger partial charge in [-0.05, 0) is 49.2 Å². The van der Waals surface area contributed by atoms with Gasteiger partial charge in [0, 0.05) is 6.92 Å². The van der Waals surface area contributed by atoms with Gasteiger partial charge < -0.3 is 9.26 Å². The number of sulfonamides is 1. The molecule has 1 aromatic heterocycles. The molecular weight excluding hydrogens is 408 g/mol. The molecule has 1 N–H and O–H groups in total. The summed E-state index contributed by atoms with van der Waals surface area (Å²) in [6.07, 6.45) is 0. The SMILES string of the molecule is Cc1ccc(C)c(NS(=O)(=O)c2ccc3c(c2)N(Cc2noc(C)n2)C(=O)CO3)c1. The maximum atomic E-state index is 13.0. The fourth-order valence-corrected chi connectivity index (χ4v) is 4.26. The second-order valence-electron chi connectivity index (χ2n) is 7.05. The first kappa shape index (κ1) is 19.9. The van der Waals surface area contributed by atoms with Crippen LogP contribution in [0.4, 0.5) is 11.4 Å². The Labute approximate surface area is 173 Å². The van der Waals surface area contributed by atoms with E-state index in [1.54, 1.807) is 13.0 Å². The summed E-state index contributed by atoms with van der Waals surface area (Å²) in [5.74, 6) is 0.762. The summed E-state index contributed by atoms with van der Waals surface area (Å²) in [5.41, 5.74) is 2.57. The van der Waals surface area contributed by atoms with Crippen molar-refractivity contribution in [3.05, 3.63) is 59.2 Å². The number of ether oxygens (including phenoxy) is 1.